The van der Waals surface area contributed by atoms with Gasteiger partial charge in [-0.1, -0.05) is 11.2 Å². The first-order chi connectivity index (χ1) is 9.06. The molecular formula is C13H16N2O2S2. The maximum atomic E-state index is 12.0. The minimum atomic E-state index is -0.150. The van der Waals surface area contributed by atoms with Gasteiger partial charge in [-0.05, 0) is 32.2 Å². The fraction of sp³-hybridized carbons (Fsp3) is 0.385. The van der Waals surface area contributed by atoms with Gasteiger partial charge in [-0.3, -0.25) is 10.1 Å². The Morgan fingerprint density at radius 2 is 2.32 bits per heavy atom. The van der Waals surface area contributed by atoms with Crippen LogP contribution in [-0.4, -0.2) is 16.3 Å². The molecule has 0 aliphatic carbocycles. The molecule has 19 heavy (non-hydrogen) atoms. The molecule has 102 valence electrons. The molecule has 2 heterocycles. The van der Waals surface area contributed by atoms with Crippen molar-refractivity contribution in [3.8, 4) is 0 Å². The van der Waals surface area contributed by atoms with Crippen molar-refractivity contribution in [2.24, 2.45) is 0 Å². The molecule has 2 aromatic rings. The van der Waals surface area contributed by atoms with Crippen LogP contribution in [0.2, 0.25) is 0 Å². The molecule has 0 saturated carbocycles. The molecule has 6 heteroatoms. The number of hydrogen-bond acceptors (Lipinski definition) is 5. The average molecular weight is 296 g/mol. The summed E-state index contributed by atoms with van der Waals surface area (Å²) in [5, 5.41) is 8.67. The molecule has 0 radical (unpaired) electrons. The van der Waals surface area contributed by atoms with Crippen molar-refractivity contribution in [2.75, 3.05) is 5.32 Å². The molecule has 2 atom stereocenters. The third-order valence-electron chi connectivity index (χ3n) is 2.60. The van der Waals surface area contributed by atoms with Crippen LogP contribution < -0.4 is 5.32 Å². The fourth-order valence-electron chi connectivity index (χ4n) is 1.60. The number of aromatic nitrogens is 1. The predicted molar refractivity (Wildman–Crippen MR) is 79.7 cm³/mol. The molecule has 0 bridgehead atoms. The van der Waals surface area contributed by atoms with Crippen LogP contribution in [0, 0.1) is 6.92 Å². The first-order valence-electron chi connectivity index (χ1n) is 5.99. The van der Waals surface area contributed by atoms with Crippen LogP contribution in [-0.2, 0) is 4.79 Å². The van der Waals surface area contributed by atoms with Crippen LogP contribution in [0.25, 0.3) is 0 Å². The highest BCUT2D eigenvalue weighted by Crippen LogP contribution is 2.34. The quantitative estimate of drug-likeness (QED) is 0.910. The van der Waals surface area contributed by atoms with E-state index in [0.29, 0.717) is 11.1 Å². The van der Waals surface area contributed by atoms with Gasteiger partial charge in [0.25, 0.3) is 0 Å². The molecule has 1 N–H and O–H groups in total. The van der Waals surface area contributed by atoms with E-state index in [0.717, 1.165) is 5.69 Å². The molecule has 1 amide bonds. The van der Waals surface area contributed by atoms with Gasteiger partial charge in [0.2, 0.25) is 11.8 Å². The van der Waals surface area contributed by atoms with Crippen LogP contribution >= 0.6 is 23.1 Å². The second-order valence-electron chi connectivity index (χ2n) is 4.26. The van der Waals surface area contributed by atoms with Crippen LogP contribution in [0.15, 0.2) is 28.1 Å². The lowest BCUT2D eigenvalue weighted by Crippen LogP contribution is -2.22. The second-order valence-corrected chi connectivity index (χ2v) is 6.92. The highest BCUT2D eigenvalue weighted by Gasteiger charge is 2.19. The summed E-state index contributed by atoms with van der Waals surface area (Å²) >= 11 is 3.34. The zero-order valence-corrected chi connectivity index (χ0v) is 12.7. The van der Waals surface area contributed by atoms with Crippen molar-refractivity contribution >= 4 is 34.9 Å². The van der Waals surface area contributed by atoms with Gasteiger partial charge in [-0.15, -0.1) is 23.1 Å². The number of aryl methyl sites for hydroxylation is 1. The Kier molecular flexibility index (Phi) is 4.66. The van der Waals surface area contributed by atoms with Crippen molar-refractivity contribution < 1.29 is 9.32 Å². The summed E-state index contributed by atoms with van der Waals surface area (Å²) < 4.78 is 4.97. The van der Waals surface area contributed by atoms with E-state index in [1.54, 1.807) is 29.2 Å². The fourth-order valence-corrected chi connectivity index (χ4v) is 3.61. The summed E-state index contributed by atoms with van der Waals surface area (Å²) in [5.74, 6) is 0.336. The normalized spacial score (nSPS) is 14.1. The molecule has 2 aromatic heterocycles. The Hall–Kier alpha value is -1.27. The lowest BCUT2D eigenvalue weighted by Gasteiger charge is -2.15. The summed E-state index contributed by atoms with van der Waals surface area (Å²) in [7, 11) is 0. The number of thioether (sulfide) groups is 1. The van der Waals surface area contributed by atoms with E-state index >= 15 is 0 Å². The molecule has 0 fully saturated rings. The van der Waals surface area contributed by atoms with Crippen LogP contribution in [0.4, 0.5) is 5.88 Å². The van der Waals surface area contributed by atoms with E-state index in [4.69, 9.17) is 4.52 Å². The highest BCUT2D eigenvalue weighted by atomic mass is 32.2. The molecule has 0 aliphatic rings. The first kappa shape index (κ1) is 14.1. The smallest absolute Gasteiger partial charge is 0.239 e. The number of rotatable bonds is 5. The summed E-state index contributed by atoms with van der Waals surface area (Å²) in [6, 6.07) is 5.82. The molecule has 0 unspecified atom stereocenters. The maximum Gasteiger partial charge on any atom is 0.239 e. The molecule has 0 spiro atoms. The SMILES string of the molecule is Cc1cc(NC(=O)[C@H](C)S[C@@H](C)c2cccs2)on1. The van der Waals surface area contributed by atoms with Crippen molar-refractivity contribution in [2.45, 2.75) is 31.3 Å². The molecular weight excluding hydrogens is 280 g/mol. The highest BCUT2D eigenvalue weighted by molar-refractivity contribution is 8.00. The number of nitrogens with zero attached hydrogens (tertiary/aromatic N) is 1. The molecule has 4 nitrogen and oxygen atoms in total. The van der Waals surface area contributed by atoms with Crippen molar-refractivity contribution in [3.63, 3.8) is 0 Å². The number of hydrogen-bond donors (Lipinski definition) is 1. The van der Waals surface area contributed by atoms with Crippen LogP contribution in [0.3, 0.4) is 0 Å². The van der Waals surface area contributed by atoms with Crippen molar-refractivity contribution in [1.29, 1.82) is 0 Å². The van der Waals surface area contributed by atoms with Gasteiger partial charge in [-0.2, -0.15) is 0 Å². The largest absolute Gasteiger partial charge is 0.338 e. The van der Waals surface area contributed by atoms with E-state index in [1.165, 1.54) is 4.88 Å². The summed E-state index contributed by atoms with van der Waals surface area (Å²) in [6.07, 6.45) is 0. The lowest BCUT2D eigenvalue weighted by atomic mass is 10.4. The first-order valence-corrected chi connectivity index (χ1v) is 7.81. The Labute approximate surface area is 120 Å². The molecule has 0 aliphatic heterocycles. The van der Waals surface area contributed by atoms with E-state index < -0.39 is 0 Å². The minimum absolute atomic E-state index is 0.0652. The monoisotopic (exact) mass is 296 g/mol. The van der Waals surface area contributed by atoms with Gasteiger partial charge in [0.05, 0.1) is 10.9 Å². The number of nitrogens with one attached hydrogen (secondary N) is 1. The van der Waals surface area contributed by atoms with Gasteiger partial charge < -0.3 is 4.52 Å². The average Bonchev–Trinajstić information content (AvgIpc) is 3.00. The zero-order chi connectivity index (χ0) is 13.8. The number of anilines is 1. The topological polar surface area (TPSA) is 55.1 Å². The van der Waals surface area contributed by atoms with E-state index in [2.05, 4.69) is 28.8 Å². The van der Waals surface area contributed by atoms with Gasteiger partial charge in [0.15, 0.2) is 0 Å². The summed E-state index contributed by atoms with van der Waals surface area (Å²) in [5.41, 5.74) is 0.752. The Bertz CT molecular complexity index is 537. The van der Waals surface area contributed by atoms with Gasteiger partial charge in [0, 0.05) is 16.2 Å². The lowest BCUT2D eigenvalue weighted by molar-refractivity contribution is -0.115. The number of carbonyl (C=O) groups excluding carboxylic acids is 1. The standard InChI is InChI=1S/C13H16N2O2S2/c1-8-7-12(17-15-8)14-13(16)10(3)19-9(2)11-5-4-6-18-11/h4-7,9-10H,1-3H3,(H,14,16)/t9-,10-/m0/s1. The second kappa shape index (κ2) is 6.25. The van der Waals surface area contributed by atoms with Gasteiger partial charge >= 0.3 is 0 Å². The van der Waals surface area contributed by atoms with Crippen LogP contribution in [0.5, 0.6) is 0 Å². The Balaban J connectivity index is 1.89. The summed E-state index contributed by atoms with van der Waals surface area (Å²) in [6.45, 7) is 5.82. The van der Waals surface area contributed by atoms with Crippen molar-refractivity contribution in [3.05, 3.63) is 34.2 Å². The van der Waals surface area contributed by atoms with E-state index in [9.17, 15) is 4.79 Å². The van der Waals surface area contributed by atoms with Crippen LogP contribution in [0.1, 0.15) is 29.7 Å². The number of amides is 1. The Morgan fingerprint density at radius 3 is 2.89 bits per heavy atom. The molecule has 0 aromatic carbocycles. The zero-order valence-electron chi connectivity index (χ0n) is 11.0. The maximum absolute atomic E-state index is 12.0. The third kappa shape index (κ3) is 3.84. The van der Waals surface area contributed by atoms with E-state index in [-0.39, 0.29) is 11.2 Å². The molecule has 0 saturated heterocycles. The summed E-state index contributed by atoms with van der Waals surface area (Å²) in [4.78, 5) is 13.3. The van der Waals surface area contributed by atoms with E-state index in [1.807, 2.05) is 19.9 Å². The third-order valence-corrected chi connectivity index (χ3v) is 5.08. The van der Waals surface area contributed by atoms with Gasteiger partial charge in [-0.25, -0.2) is 0 Å². The minimum Gasteiger partial charge on any atom is -0.338 e. The molecule has 2 rings (SSSR count). The predicted octanol–water partition coefficient (Wildman–Crippen LogP) is 3.87. The Morgan fingerprint density at radius 1 is 1.53 bits per heavy atom. The number of carbonyl (C=O) groups is 1. The van der Waals surface area contributed by atoms with Gasteiger partial charge in [0.1, 0.15) is 0 Å². The number of thiophene rings is 1. The van der Waals surface area contributed by atoms with Crippen molar-refractivity contribution in [1.82, 2.24) is 5.16 Å².